The molecule has 1 aliphatic rings. The summed E-state index contributed by atoms with van der Waals surface area (Å²) in [6.07, 6.45) is -3.34. The van der Waals surface area contributed by atoms with Gasteiger partial charge in [0.05, 0.1) is 5.56 Å². The number of alkyl halides is 3. The molecule has 132 valence electrons. The minimum atomic E-state index is -4.40. The number of hydrogen-bond acceptors (Lipinski definition) is 4. The summed E-state index contributed by atoms with van der Waals surface area (Å²) in [5.41, 5.74) is -0.780. The molecule has 1 fully saturated rings. The number of hydrogen-bond donors (Lipinski definition) is 1. The minimum Gasteiger partial charge on any atom is -0.356 e. The summed E-state index contributed by atoms with van der Waals surface area (Å²) in [4.78, 5) is 30.2. The molecule has 2 amide bonds. The number of rotatable bonds is 4. The second kappa shape index (κ2) is 7.50. The average Bonchev–Trinajstić information content (AvgIpc) is 2.54. The largest absolute Gasteiger partial charge is 0.417 e. The molecule has 1 aromatic heterocycles. The normalized spacial score (nSPS) is 15.3. The first kappa shape index (κ1) is 18.0. The molecule has 0 spiro atoms. The molecule has 1 N–H and O–H groups in total. The number of carbonyl (C=O) groups is 2. The molecular weight excluding hydrogens is 325 g/mol. The highest BCUT2D eigenvalue weighted by atomic mass is 19.4. The number of carbonyl (C=O) groups excluding carboxylic acids is 2. The van der Waals surface area contributed by atoms with Crippen LogP contribution in [0.2, 0.25) is 0 Å². The van der Waals surface area contributed by atoms with Gasteiger partial charge in [0.1, 0.15) is 5.82 Å². The van der Waals surface area contributed by atoms with Crippen LogP contribution in [0.5, 0.6) is 0 Å². The van der Waals surface area contributed by atoms with E-state index < -0.39 is 11.7 Å². The average molecular weight is 344 g/mol. The van der Waals surface area contributed by atoms with E-state index in [-0.39, 0.29) is 18.2 Å². The van der Waals surface area contributed by atoms with Crippen LogP contribution < -0.4 is 10.2 Å². The summed E-state index contributed by atoms with van der Waals surface area (Å²) in [5.74, 6) is 0.234. The Hall–Kier alpha value is -2.32. The lowest BCUT2D eigenvalue weighted by Gasteiger charge is -2.35. The van der Waals surface area contributed by atoms with E-state index in [9.17, 15) is 22.8 Å². The quantitative estimate of drug-likeness (QED) is 0.894. The van der Waals surface area contributed by atoms with Crippen molar-refractivity contribution in [2.45, 2.75) is 19.5 Å². The lowest BCUT2D eigenvalue weighted by molar-refractivity contribution is -0.138. The zero-order valence-electron chi connectivity index (χ0n) is 13.3. The monoisotopic (exact) mass is 344 g/mol. The maximum atomic E-state index is 12.5. The Morgan fingerprint density at radius 1 is 1.21 bits per heavy atom. The lowest BCUT2D eigenvalue weighted by Crippen LogP contribution is -2.49. The number of anilines is 1. The fourth-order valence-electron chi connectivity index (χ4n) is 2.43. The molecule has 0 radical (unpaired) electrons. The van der Waals surface area contributed by atoms with Gasteiger partial charge in [-0.1, -0.05) is 0 Å². The molecule has 6 nitrogen and oxygen atoms in total. The molecule has 0 aromatic carbocycles. The molecule has 0 atom stereocenters. The molecule has 0 unspecified atom stereocenters. The van der Waals surface area contributed by atoms with E-state index in [0.29, 0.717) is 38.5 Å². The van der Waals surface area contributed by atoms with E-state index in [1.165, 1.54) is 13.0 Å². The molecule has 0 aliphatic carbocycles. The van der Waals surface area contributed by atoms with Gasteiger partial charge in [0, 0.05) is 52.3 Å². The number of nitrogens with one attached hydrogen (secondary N) is 1. The summed E-state index contributed by atoms with van der Waals surface area (Å²) in [5, 5.41) is 2.57. The number of piperazine rings is 1. The summed E-state index contributed by atoms with van der Waals surface area (Å²) < 4.78 is 37.6. The first-order valence-corrected chi connectivity index (χ1v) is 7.58. The number of aromatic nitrogens is 1. The maximum absolute atomic E-state index is 12.5. The van der Waals surface area contributed by atoms with Gasteiger partial charge >= 0.3 is 6.18 Å². The van der Waals surface area contributed by atoms with E-state index in [0.717, 1.165) is 12.3 Å². The van der Waals surface area contributed by atoms with E-state index in [1.807, 2.05) is 4.90 Å². The van der Waals surface area contributed by atoms with Gasteiger partial charge in [-0.25, -0.2) is 4.98 Å². The Bertz CT molecular complexity index is 581. The van der Waals surface area contributed by atoms with Crippen molar-refractivity contribution in [3.63, 3.8) is 0 Å². The Morgan fingerprint density at radius 2 is 1.88 bits per heavy atom. The smallest absolute Gasteiger partial charge is 0.356 e. The fourth-order valence-corrected chi connectivity index (χ4v) is 2.43. The molecule has 2 rings (SSSR count). The summed E-state index contributed by atoms with van der Waals surface area (Å²) in [7, 11) is 0. The third-order valence-corrected chi connectivity index (χ3v) is 3.74. The number of nitrogens with zero attached hydrogens (tertiary/aromatic N) is 3. The molecule has 9 heteroatoms. The Labute approximate surface area is 137 Å². The van der Waals surface area contributed by atoms with Crippen molar-refractivity contribution in [2.75, 3.05) is 37.6 Å². The molecule has 1 aliphatic heterocycles. The van der Waals surface area contributed by atoms with Gasteiger partial charge in [-0.15, -0.1) is 0 Å². The zero-order valence-corrected chi connectivity index (χ0v) is 13.3. The van der Waals surface area contributed by atoms with E-state index in [1.54, 1.807) is 4.90 Å². The third-order valence-electron chi connectivity index (χ3n) is 3.74. The van der Waals surface area contributed by atoms with Gasteiger partial charge in [-0.2, -0.15) is 13.2 Å². The lowest BCUT2D eigenvalue weighted by atomic mass is 10.2. The highest BCUT2D eigenvalue weighted by Gasteiger charge is 2.31. The highest BCUT2D eigenvalue weighted by Crippen LogP contribution is 2.29. The van der Waals surface area contributed by atoms with Gasteiger partial charge in [0.2, 0.25) is 11.8 Å². The zero-order chi connectivity index (χ0) is 17.7. The molecule has 24 heavy (non-hydrogen) atoms. The van der Waals surface area contributed by atoms with E-state index in [4.69, 9.17) is 0 Å². The Kier molecular flexibility index (Phi) is 5.63. The molecule has 0 saturated carbocycles. The van der Waals surface area contributed by atoms with Crippen LogP contribution in [0.25, 0.3) is 0 Å². The molecule has 1 saturated heterocycles. The van der Waals surface area contributed by atoms with Crippen LogP contribution in [0.4, 0.5) is 19.0 Å². The number of amides is 2. The first-order chi connectivity index (χ1) is 11.3. The molecule has 2 heterocycles. The van der Waals surface area contributed by atoms with Crippen molar-refractivity contribution in [3.05, 3.63) is 23.9 Å². The second-order valence-corrected chi connectivity index (χ2v) is 5.50. The Balaban J connectivity index is 1.84. The van der Waals surface area contributed by atoms with Crippen LogP contribution in [0.1, 0.15) is 18.9 Å². The van der Waals surface area contributed by atoms with Crippen molar-refractivity contribution >= 4 is 17.6 Å². The van der Waals surface area contributed by atoms with Crippen molar-refractivity contribution < 1.29 is 22.8 Å². The van der Waals surface area contributed by atoms with E-state index >= 15 is 0 Å². The van der Waals surface area contributed by atoms with Crippen LogP contribution in [0.15, 0.2) is 18.3 Å². The fraction of sp³-hybridized carbons (Fsp3) is 0.533. The number of halogens is 3. The van der Waals surface area contributed by atoms with E-state index in [2.05, 4.69) is 10.3 Å². The van der Waals surface area contributed by atoms with Gasteiger partial charge < -0.3 is 15.1 Å². The van der Waals surface area contributed by atoms with Crippen molar-refractivity contribution in [3.8, 4) is 0 Å². The van der Waals surface area contributed by atoms with Crippen LogP contribution in [-0.4, -0.2) is 54.4 Å². The Morgan fingerprint density at radius 3 is 2.38 bits per heavy atom. The summed E-state index contributed by atoms with van der Waals surface area (Å²) in [6.45, 7) is 3.65. The van der Waals surface area contributed by atoms with Gasteiger partial charge in [0.25, 0.3) is 0 Å². The molecule has 0 bridgehead atoms. The van der Waals surface area contributed by atoms with Crippen LogP contribution >= 0.6 is 0 Å². The standard InChI is InChI=1S/C15H19F3N4O2/c1-11(23)19-5-4-14(24)22-8-6-21(7-9-22)13-3-2-12(10-20-13)15(16,17)18/h2-3,10H,4-9H2,1H3,(H,19,23). The van der Waals surface area contributed by atoms with Gasteiger partial charge in [-0.05, 0) is 12.1 Å². The van der Waals surface area contributed by atoms with Gasteiger partial charge in [0.15, 0.2) is 0 Å². The highest BCUT2D eigenvalue weighted by molar-refractivity contribution is 5.78. The first-order valence-electron chi connectivity index (χ1n) is 7.58. The molecule has 1 aromatic rings. The predicted octanol–water partition coefficient (Wildman–Crippen LogP) is 1.28. The minimum absolute atomic E-state index is 0.0521. The van der Waals surface area contributed by atoms with Crippen LogP contribution in [0.3, 0.4) is 0 Å². The number of pyridine rings is 1. The summed E-state index contributed by atoms with van der Waals surface area (Å²) >= 11 is 0. The molecular formula is C15H19F3N4O2. The maximum Gasteiger partial charge on any atom is 0.417 e. The van der Waals surface area contributed by atoms with Crippen LogP contribution in [-0.2, 0) is 15.8 Å². The second-order valence-electron chi connectivity index (χ2n) is 5.50. The van der Waals surface area contributed by atoms with Crippen molar-refractivity contribution in [1.82, 2.24) is 15.2 Å². The van der Waals surface area contributed by atoms with Crippen LogP contribution in [0, 0.1) is 0 Å². The topological polar surface area (TPSA) is 65.5 Å². The van der Waals surface area contributed by atoms with Crippen molar-refractivity contribution in [2.24, 2.45) is 0 Å². The SMILES string of the molecule is CC(=O)NCCC(=O)N1CCN(c2ccc(C(F)(F)F)cn2)CC1. The predicted molar refractivity (Wildman–Crippen MR) is 81.3 cm³/mol. The third kappa shape index (κ3) is 4.84. The summed E-state index contributed by atoms with van der Waals surface area (Å²) in [6, 6.07) is 2.35. The van der Waals surface area contributed by atoms with Crippen molar-refractivity contribution in [1.29, 1.82) is 0 Å². The van der Waals surface area contributed by atoms with Gasteiger partial charge in [-0.3, -0.25) is 9.59 Å².